The van der Waals surface area contributed by atoms with Crippen LogP contribution >= 0.6 is 11.6 Å². The summed E-state index contributed by atoms with van der Waals surface area (Å²) in [7, 11) is 0. The lowest BCUT2D eigenvalue weighted by atomic mass is 10.1. The second-order valence-electron chi connectivity index (χ2n) is 5.62. The molecule has 0 aromatic heterocycles. The monoisotopic (exact) mass is 324 g/mol. The van der Waals surface area contributed by atoms with Crippen LogP contribution in [0.15, 0.2) is 18.2 Å². The van der Waals surface area contributed by atoms with Crippen LogP contribution in [0.5, 0.6) is 0 Å². The van der Waals surface area contributed by atoms with Crippen LogP contribution in [-0.4, -0.2) is 41.0 Å². The number of nitrogens with zero attached hydrogens (tertiary/aromatic N) is 1. The number of carboxylic acids is 1. The van der Waals surface area contributed by atoms with Gasteiger partial charge in [0.2, 0.25) is 5.91 Å². The first-order valence-corrected chi connectivity index (χ1v) is 7.88. The third kappa shape index (κ3) is 4.21. The molecule has 6 heteroatoms. The second kappa shape index (κ2) is 7.61. The number of piperidine rings is 1. The minimum Gasteiger partial charge on any atom is -0.480 e. The van der Waals surface area contributed by atoms with Crippen LogP contribution in [-0.2, 0) is 9.59 Å². The first kappa shape index (κ1) is 16.8. The van der Waals surface area contributed by atoms with Crippen LogP contribution in [0, 0.1) is 6.92 Å². The summed E-state index contributed by atoms with van der Waals surface area (Å²) in [6.45, 7) is 3.29. The van der Waals surface area contributed by atoms with E-state index in [1.54, 1.807) is 18.2 Å². The highest BCUT2D eigenvalue weighted by molar-refractivity contribution is 6.31. The zero-order valence-corrected chi connectivity index (χ0v) is 13.4. The highest BCUT2D eigenvalue weighted by atomic mass is 35.5. The Hall–Kier alpha value is -1.59. The third-order valence-electron chi connectivity index (χ3n) is 4.04. The molecule has 2 N–H and O–H groups in total. The molecule has 0 bridgehead atoms. The Bertz CT molecular complexity index is 556. The number of benzene rings is 1. The van der Waals surface area contributed by atoms with Gasteiger partial charge in [-0.25, -0.2) is 0 Å². The van der Waals surface area contributed by atoms with Crippen molar-refractivity contribution in [3.8, 4) is 0 Å². The Morgan fingerprint density at radius 2 is 2.00 bits per heavy atom. The van der Waals surface area contributed by atoms with Crippen molar-refractivity contribution in [2.75, 3.05) is 18.4 Å². The molecule has 1 heterocycles. The molecule has 0 spiro atoms. The number of hydrogen-bond donors (Lipinski definition) is 2. The molecule has 0 aliphatic carbocycles. The normalized spacial score (nSPS) is 17.0. The molecule has 5 nitrogen and oxygen atoms in total. The van der Waals surface area contributed by atoms with Gasteiger partial charge in [-0.05, 0) is 50.6 Å². The van der Waals surface area contributed by atoms with Gasteiger partial charge in [0.1, 0.15) is 6.04 Å². The molecule has 120 valence electrons. The number of halogens is 1. The predicted molar refractivity (Wildman–Crippen MR) is 86.3 cm³/mol. The maximum absolute atomic E-state index is 12.2. The van der Waals surface area contributed by atoms with Gasteiger partial charge in [-0.3, -0.25) is 14.5 Å². The lowest BCUT2D eigenvalue weighted by Gasteiger charge is -2.31. The van der Waals surface area contributed by atoms with Crippen LogP contribution in [0.3, 0.4) is 0 Å². The Kier molecular flexibility index (Phi) is 5.80. The SMILES string of the molecule is Cc1c(Cl)cccc1NC(=O)CC(C(=O)O)N1CCCCC1. The molecule has 1 aliphatic rings. The van der Waals surface area contributed by atoms with Gasteiger partial charge in [-0.1, -0.05) is 24.1 Å². The van der Waals surface area contributed by atoms with Gasteiger partial charge < -0.3 is 10.4 Å². The van der Waals surface area contributed by atoms with E-state index in [1.807, 2.05) is 11.8 Å². The summed E-state index contributed by atoms with van der Waals surface area (Å²) in [5.41, 5.74) is 1.41. The molecule has 1 saturated heterocycles. The molecule has 1 aromatic rings. The molecule has 1 atom stereocenters. The van der Waals surface area contributed by atoms with E-state index < -0.39 is 12.0 Å². The van der Waals surface area contributed by atoms with E-state index >= 15 is 0 Å². The zero-order chi connectivity index (χ0) is 16.1. The van der Waals surface area contributed by atoms with E-state index in [0.717, 1.165) is 37.9 Å². The fraction of sp³-hybridized carbons (Fsp3) is 0.500. The summed E-state index contributed by atoms with van der Waals surface area (Å²) in [6, 6.07) is 4.50. The third-order valence-corrected chi connectivity index (χ3v) is 4.45. The first-order valence-electron chi connectivity index (χ1n) is 7.51. The second-order valence-corrected chi connectivity index (χ2v) is 6.02. The summed E-state index contributed by atoms with van der Waals surface area (Å²) >= 11 is 6.02. The minimum atomic E-state index is -0.945. The van der Waals surface area contributed by atoms with E-state index in [2.05, 4.69) is 5.32 Å². The number of carboxylic acid groups (broad SMARTS) is 1. The van der Waals surface area contributed by atoms with Crippen molar-refractivity contribution in [3.63, 3.8) is 0 Å². The number of aliphatic carboxylic acids is 1. The van der Waals surface area contributed by atoms with Crippen molar-refractivity contribution in [2.45, 2.75) is 38.6 Å². The topological polar surface area (TPSA) is 69.6 Å². The van der Waals surface area contributed by atoms with Gasteiger partial charge in [0.25, 0.3) is 0 Å². The van der Waals surface area contributed by atoms with E-state index in [1.165, 1.54) is 0 Å². The number of carbonyl (C=O) groups excluding carboxylic acids is 1. The van der Waals surface area contributed by atoms with E-state index in [4.69, 9.17) is 11.6 Å². The summed E-state index contributed by atoms with van der Waals surface area (Å²) in [5, 5.41) is 12.7. The van der Waals surface area contributed by atoms with Crippen LogP contribution in [0.2, 0.25) is 5.02 Å². The van der Waals surface area contributed by atoms with Gasteiger partial charge in [-0.15, -0.1) is 0 Å². The summed E-state index contributed by atoms with van der Waals surface area (Å²) in [5.74, 6) is -1.25. The van der Waals surface area contributed by atoms with Gasteiger partial charge in [-0.2, -0.15) is 0 Å². The van der Waals surface area contributed by atoms with Crippen LogP contribution in [0.1, 0.15) is 31.2 Å². The Balaban J connectivity index is 2.02. The van der Waals surface area contributed by atoms with Crippen LogP contribution in [0.25, 0.3) is 0 Å². The molecular weight excluding hydrogens is 304 g/mol. The van der Waals surface area contributed by atoms with E-state index in [0.29, 0.717) is 10.7 Å². The Morgan fingerprint density at radius 1 is 1.32 bits per heavy atom. The van der Waals surface area contributed by atoms with Crippen molar-refractivity contribution >= 4 is 29.2 Å². The highest BCUT2D eigenvalue weighted by Crippen LogP contribution is 2.23. The average Bonchev–Trinajstić information content (AvgIpc) is 2.50. The molecule has 1 unspecified atom stereocenters. The number of hydrogen-bond acceptors (Lipinski definition) is 3. The zero-order valence-electron chi connectivity index (χ0n) is 12.6. The molecule has 1 aromatic carbocycles. The lowest BCUT2D eigenvalue weighted by molar-refractivity contribution is -0.145. The largest absolute Gasteiger partial charge is 0.480 e. The minimum absolute atomic E-state index is 0.0543. The van der Waals surface area contributed by atoms with Gasteiger partial charge in [0, 0.05) is 10.7 Å². The Morgan fingerprint density at radius 3 is 2.64 bits per heavy atom. The van der Waals surface area contributed by atoms with E-state index in [9.17, 15) is 14.7 Å². The predicted octanol–water partition coefficient (Wildman–Crippen LogP) is 2.92. The van der Waals surface area contributed by atoms with Crippen LogP contribution in [0.4, 0.5) is 5.69 Å². The lowest BCUT2D eigenvalue weighted by Crippen LogP contribution is -2.45. The molecule has 0 saturated carbocycles. The van der Waals surface area contributed by atoms with Crippen molar-refractivity contribution < 1.29 is 14.7 Å². The summed E-state index contributed by atoms with van der Waals surface area (Å²) in [6.07, 6.45) is 3.04. The van der Waals surface area contributed by atoms with Crippen molar-refractivity contribution in [3.05, 3.63) is 28.8 Å². The number of likely N-dealkylation sites (tertiary alicyclic amines) is 1. The van der Waals surface area contributed by atoms with Gasteiger partial charge in [0.05, 0.1) is 6.42 Å². The molecule has 1 fully saturated rings. The highest BCUT2D eigenvalue weighted by Gasteiger charge is 2.29. The molecule has 2 rings (SSSR count). The number of nitrogens with one attached hydrogen (secondary N) is 1. The smallest absolute Gasteiger partial charge is 0.321 e. The molecule has 1 aliphatic heterocycles. The number of carbonyl (C=O) groups is 2. The number of rotatable bonds is 5. The van der Waals surface area contributed by atoms with E-state index in [-0.39, 0.29) is 12.3 Å². The van der Waals surface area contributed by atoms with Crippen LogP contribution < -0.4 is 5.32 Å². The standard InChI is InChI=1S/C16H21ClN2O3/c1-11-12(17)6-5-7-13(11)18-15(20)10-14(16(21)22)19-8-3-2-4-9-19/h5-7,14H,2-4,8-10H2,1H3,(H,18,20)(H,21,22). The van der Waals surface area contributed by atoms with Crippen molar-refractivity contribution in [2.24, 2.45) is 0 Å². The fourth-order valence-electron chi connectivity index (χ4n) is 2.72. The van der Waals surface area contributed by atoms with Crippen molar-refractivity contribution in [1.82, 2.24) is 4.90 Å². The molecular formula is C16H21ClN2O3. The van der Waals surface area contributed by atoms with Gasteiger partial charge >= 0.3 is 5.97 Å². The maximum Gasteiger partial charge on any atom is 0.321 e. The van der Waals surface area contributed by atoms with Crippen molar-refractivity contribution in [1.29, 1.82) is 0 Å². The fourth-order valence-corrected chi connectivity index (χ4v) is 2.90. The average molecular weight is 325 g/mol. The van der Waals surface area contributed by atoms with Gasteiger partial charge in [0.15, 0.2) is 0 Å². The summed E-state index contributed by atoms with van der Waals surface area (Å²) < 4.78 is 0. The number of amides is 1. The number of anilines is 1. The first-order chi connectivity index (χ1) is 10.5. The Labute approximate surface area is 135 Å². The maximum atomic E-state index is 12.2. The molecule has 1 amide bonds. The summed E-state index contributed by atoms with van der Waals surface area (Å²) in [4.78, 5) is 25.5. The molecule has 22 heavy (non-hydrogen) atoms. The quantitative estimate of drug-likeness (QED) is 0.873. The molecule has 0 radical (unpaired) electrons.